The molecule has 0 heterocycles. The first-order valence-corrected chi connectivity index (χ1v) is 7.25. The van der Waals surface area contributed by atoms with Gasteiger partial charge in [-0.25, -0.2) is 4.39 Å². The van der Waals surface area contributed by atoms with Crippen LogP contribution in [0, 0.1) is 5.82 Å². The van der Waals surface area contributed by atoms with Crippen LogP contribution in [0.2, 0.25) is 0 Å². The Bertz CT molecular complexity index is 595. The standard InChI is InChI=1S/C18H22FNO/c1-12(2)14-6-5-9-17(11-14)21-18(13(3)20)15-7-4-8-16(19)10-15/h4-13,18H,20H2,1-3H3. The van der Waals surface area contributed by atoms with Gasteiger partial charge in [0.05, 0.1) is 0 Å². The fourth-order valence-corrected chi connectivity index (χ4v) is 2.26. The van der Waals surface area contributed by atoms with E-state index in [1.165, 1.54) is 17.7 Å². The van der Waals surface area contributed by atoms with Crippen molar-refractivity contribution in [3.63, 3.8) is 0 Å². The number of nitrogens with two attached hydrogens (primary N) is 1. The molecule has 0 spiro atoms. The van der Waals surface area contributed by atoms with Crippen LogP contribution in [0.5, 0.6) is 5.75 Å². The summed E-state index contributed by atoms with van der Waals surface area (Å²) < 4.78 is 19.4. The van der Waals surface area contributed by atoms with Gasteiger partial charge in [0.2, 0.25) is 0 Å². The summed E-state index contributed by atoms with van der Waals surface area (Å²) in [6.07, 6.45) is -0.372. The van der Waals surface area contributed by atoms with E-state index in [-0.39, 0.29) is 18.0 Å². The molecule has 0 bridgehead atoms. The Morgan fingerprint density at radius 3 is 2.24 bits per heavy atom. The van der Waals surface area contributed by atoms with E-state index in [4.69, 9.17) is 10.5 Å². The Morgan fingerprint density at radius 1 is 0.952 bits per heavy atom. The zero-order valence-electron chi connectivity index (χ0n) is 12.7. The molecule has 2 nitrogen and oxygen atoms in total. The van der Waals surface area contributed by atoms with E-state index < -0.39 is 0 Å². The number of ether oxygens (including phenoxy) is 1. The van der Waals surface area contributed by atoms with E-state index in [2.05, 4.69) is 19.9 Å². The van der Waals surface area contributed by atoms with Crippen LogP contribution < -0.4 is 10.5 Å². The van der Waals surface area contributed by atoms with Crippen LogP contribution >= 0.6 is 0 Å². The van der Waals surface area contributed by atoms with Gasteiger partial charge < -0.3 is 10.5 Å². The summed E-state index contributed by atoms with van der Waals surface area (Å²) in [7, 11) is 0. The minimum absolute atomic E-state index is 0.241. The molecule has 0 aliphatic heterocycles. The molecule has 2 atom stereocenters. The molecule has 0 saturated heterocycles. The minimum Gasteiger partial charge on any atom is -0.484 e. The Morgan fingerprint density at radius 2 is 1.62 bits per heavy atom. The van der Waals surface area contributed by atoms with Gasteiger partial charge in [0.1, 0.15) is 17.7 Å². The molecule has 0 saturated carbocycles. The molecule has 0 aromatic heterocycles. The minimum atomic E-state index is -0.372. The highest BCUT2D eigenvalue weighted by Crippen LogP contribution is 2.27. The number of hydrogen-bond donors (Lipinski definition) is 1. The number of rotatable bonds is 5. The molecule has 2 aromatic carbocycles. The van der Waals surface area contributed by atoms with Gasteiger partial charge >= 0.3 is 0 Å². The molecule has 0 fully saturated rings. The highest BCUT2D eigenvalue weighted by atomic mass is 19.1. The lowest BCUT2D eigenvalue weighted by atomic mass is 10.0. The average molecular weight is 287 g/mol. The first-order chi connectivity index (χ1) is 9.97. The van der Waals surface area contributed by atoms with Gasteiger partial charge in [-0.15, -0.1) is 0 Å². The van der Waals surface area contributed by atoms with Crippen molar-refractivity contribution < 1.29 is 9.13 Å². The van der Waals surface area contributed by atoms with Gasteiger partial charge in [0, 0.05) is 6.04 Å². The maximum absolute atomic E-state index is 13.4. The second-order valence-corrected chi connectivity index (χ2v) is 5.68. The third kappa shape index (κ3) is 4.05. The van der Waals surface area contributed by atoms with Crippen molar-refractivity contribution >= 4 is 0 Å². The highest BCUT2D eigenvalue weighted by molar-refractivity contribution is 5.31. The summed E-state index contributed by atoms with van der Waals surface area (Å²) in [4.78, 5) is 0. The van der Waals surface area contributed by atoms with Crippen molar-refractivity contribution in [2.75, 3.05) is 0 Å². The van der Waals surface area contributed by atoms with E-state index in [1.807, 2.05) is 31.2 Å². The predicted molar refractivity (Wildman–Crippen MR) is 83.9 cm³/mol. The molecular weight excluding hydrogens is 265 g/mol. The number of hydrogen-bond acceptors (Lipinski definition) is 2. The summed E-state index contributed by atoms with van der Waals surface area (Å²) in [5.74, 6) is 0.905. The molecular formula is C18H22FNO. The first-order valence-electron chi connectivity index (χ1n) is 7.25. The molecule has 0 radical (unpaired) electrons. The first kappa shape index (κ1) is 15.5. The Balaban J connectivity index is 2.26. The third-order valence-electron chi connectivity index (χ3n) is 3.44. The largest absolute Gasteiger partial charge is 0.484 e. The zero-order chi connectivity index (χ0) is 15.4. The molecule has 112 valence electrons. The predicted octanol–water partition coefficient (Wildman–Crippen LogP) is 4.42. The van der Waals surface area contributed by atoms with Crippen molar-refractivity contribution in [2.45, 2.75) is 38.8 Å². The second kappa shape index (κ2) is 6.72. The molecule has 2 rings (SSSR count). The number of halogens is 1. The molecule has 2 aromatic rings. The van der Waals surface area contributed by atoms with Gasteiger partial charge in [-0.05, 0) is 48.2 Å². The topological polar surface area (TPSA) is 35.2 Å². The smallest absolute Gasteiger partial charge is 0.139 e. The lowest BCUT2D eigenvalue weighted by Crippen LogP contribution is -2.29. The average Bonchev–Trinajstić information content (AvgIpc) is 2.44. The maximum Gasteiger partial charge on any atom is 0.139 e. The lowest BCUT2D eigenvalue weighted by Gasteiger charge is -2.23. The van der Waals surface area contributed by atoms with E-state index in [0.29, 0.717) is 5.92 Å². The van der Waals surface area contributed by atoms with Crippen LogP contribution in [-0.4, -0.2) is 6.04 Å². The summed E-state index contributed by atoms with van der Waals surface area (Å²) in [6.45, 7) is 6.13. The molecule has 0 amide bonds. The highest BCUT2D eigenvalue weighted by Gasteiger charge is 2.19. The maximum atomic E-state index is 13.4. The normalized spacial score (nSPS) is 14.0. The summed E-state index contributed by atoms with van der Waals surface area (Å²) in [6, 6.07) is 14.1. The van der Waals surface area contributed by atoms with Crippen molar-refractivity contribution in [3.05, 3.63) is 65.5 Å². The van der Waals surface area contributed by atoms with Gasteiger partial charge in [0.25, 0.3) is 0 Å². The van der Waals surface area contributed by atoms with Crippen LogP contribution in [0.25, 0.3) is 0 Å². The monoisotopic (exact) mass is 287 g/mol. The Labute approximate surface area is 125 Å². The summed E-state index contributed by atoms with van der Waals surface area (Å²) in [5.41, 5.74) is 7.97. The van der Waals surface area contributed by atoms with E-state index in [0.717, 1.165) is 11.3 Å². The molecule has 0 aliphatic rings. The van der Waals surface area contributed by atoms with Gasteiger partial charge in [0.15, 0.2) is 0 Å². The Hall–Kier alpha value is -1.87. The molecule has 3 heteroatoms. The van der Waals surface area contributed by atoms with Gasteiger partial charge in [-0.1, -0.05) is 38.1 Å². The van der Waals surface area contributed by atoms with Crippen LogP contribution in [0.4, 0.5) is 4.39 Å². The Kier molecular flexibility index (Phi) is 4.97. The van der Waals surface area contributed by atoms with Crippen LogP contribution in [-0.2, 0) is 0 Å². The quantitative estimate of drug-likeness (QED) is 0.883. The fraction of sp³-hybridized carbons (Fsp3) is 0.333. The molecule has 2 unspecified atom stereocenters. The third-order valence-corrected chi connectivity index (χ3v) is 3.44. The second-order valence-electron chi connectivity index (χ2n) is 5.68. The van der Waals surface area contributed by atoms with Gasteiger partial charge in [-0.3, -0.25) is 0 Å². The molecule has 21 heavy (non-hydrogen) atoms. The molecule has 0 aliphatic carbocycles. The van der Waals surface area contributed by atoms with Crippen molar-refractivity contribution in [3.8, 4) is 5.75 Å². The van der Waals surface area contributed by atoms with E-state index in [1.54, 1.807) is 6.07 Å². The summed E-state index contributed by atoms with van der Waals surface area (Å²) >= 11 is 0. The van der Waals surface area contributed by atoms with Crippen molar-refractivity contribution in [1.29, 1.82) is 0 Å². The van der Waals surface area contributed by atoms with E-state index >= 15 is 0 Å². The van der Waals surface area contributed by atoms with Crippen LogP contribution in [0.15, 0.2) is 48.5 Å². The van der Waals surface area contributed by atoms with Crippen LogP contribution in [0.3, 0.4) is 0 Å². The van der Waals surface area contributed by atoms with E-state index in [9.17, 15) is 4.39 Å². The van der Waals surface area contributed by atoms with Crippen molar-refractivity contribution in [1.82, 2.24) is 0 Å². The SMILES string of the molecule is CC(C)c1cccc(OC(c2cccc(F)c2)C(C)N)c1. The number of benzene rings is 2. The molecule has 2 N–H and O–H groups in total. The van der Waals surface area contributed by atoms with Crippen LogP contribution in [0.1, 0.15) is 43.9 Å². The zero-order valence-corrected chi connectivity index (χ0v) is 12.7. The van der Waals surface area contributed by atoms with Gasteiger partial charge in [-0.2, -0.15) is 0 Å². The lowest BCUT2D eigenvalue weighted by molar-refractivity contribution is 0.180. The van der Waals surface area contributed by atoms with Crippen molar-refractivity contribution in [2.24, 2.45) is 5.73 Å². The fourth-order valence-electron chi connectivity index (χ4n) is 2.26. The summed E-state index contributed by atoms with van der Waals surface area (Å²) in [5, 5.41) is 0.